The average Bonchev–Trinajstić information content (AvgIpc) is 2.28. The van der Waals surface area contributed by atoms with E-state index in [0.29, 0.717) is 0 Å². The van der Waals surface area contributed by atoms with Crippen molar-refractivity contribution >= 4 is 21.8 Å². The molecule has 2 atom stereocenters. The van der Waals surface area contributed by atoms with Crippen molar-refractivity contribution in [3.8, 4) is 5.75 Å². The molecule has 1 aromatic carbocycles. The molecule has 5 heteroatoms. The Hall–Kier alpha value is -1.07. The molecular formula is C12H17BrN2O2. The van der Waals surface area contributed by atoms with Crippen LogP contribution in [-0.2, 0) is 4.79 Å². The maximum Gasteiger partial charge on any atom is 0.234 e. The van der Waals surface area contributed by atoms with Gasteiger partial charge in [0.1, 0.15) is 5.75 Å². The fourth-order valence-corrected chi connectivity index (χ4v) is 2.06. The Morgan fingerprint density at radius 1 is 1.47 bits per heavy atom. The molecular weight excluding hydrogens is 284 g/mol. The molecule has 0 unspecified atom stereocenters. The van der Waals surface area contributed by atoms with Gasteiger partial charge in [-0.15, -0.1) is 0 Å². The van der Waals surface area contributed by atoms with Crippen LogP contribution in [0.5, 0.6) is 5.75 Å². The minimum absolute atomic E-state index is 0.0414. The van der Waals surface area contributed by atoms with Gasteiger partial charge < -0.3 is 10.5 Å². The van der Waals surface area contributed by atoms with Gasteiger partial charge in [-0.2, -0.15) is 0 Å². The third-order valence-electron chi connectivity index (χ3n) is 2.60. The lowest BCUT2D eigenvalue weighted by molar-refractivity contribution is -0.119. The van der Waals surface area contributed by atoms with Gasteiger partial charge in [0.05, 0.1) is 17.6 Å². The number of halogens is 1. The number of methoxy groups -OCH3 is 1. The SMILES string of the molecule is COc1ccc([C@@H](C)N[C@H](C)C(N)=O)cc1Br. The number of primary amides is 1. The Morgan fingerprint density at radius 2 is 2.12 bits per heavy atom. The van der Waals surface area contributed by atoms with E-state index < -0.39 is 0 Å². The molecule has 1 amide bonds. The fourth-order valence-electron chi connectivity index (χ4n) is 1.51. The monoisotopic (exact) mass is 300 g/mol. The number of ether oxygens (including phenoxy) is 1. The molecule has 4 nitrogen and oxygen atoms in total. The van der Waals surface area contributed by atoms with Gasteiger partial charge in [-0.05, 0) is 47.5 Å². The average molecular weight is 301 g/mol. The normalized spacial score (nSPS) is 14.1. The number of nitrogens with two attached hydrogens (primary N) is 1. The molecule has 94 valence electrons. The number of carbonyl (C=O) groups excluding carboxylic acids is 1. The van der Waals surface area contributed by atoms with E-state index in [-0.39, 0.29) is 18.0 Å². The van der Waals surface area contributed by atoms with Crippen LogP contribution in [0.15, 0.2) is 22.7 Å². The highest BCUT2D eigenvalue weighted by Gasteiger charge is 2.14. The lowest BCUT2D eigenvalue weighted by atomic mass is 10.1. The molecule has 1 rings (SSSR count). The second-order valence-corrected chi connectivity index (χ2v) is 4.76. The van der Waals surface area contributed by atoms with Crippen LogP contribution < -0.4 is 15.8 Å². The first-order valence-corrected chi connectivity index (χ1v) is 6.13. The molecule has 0 saturated heterocycles. The van der Waals surface area contributed by atoms with Gasteiger partial charge >= 0.3 is 0 Å². The highest BCUT2D eigenvalue weighted by Crippen LogP contribution is 2.28. The number of carbonyl (C=O) groups is 1. The number of nitrogens with one attached hydrogen (secondary N) is 1. The second kappa shape index (κ2) is 6.02. The maximum absolute atomic E-state index is 11.0. The Morgan fingerprint density at radius 3 is 2.59 bits per heavy atom. The van der Waals surface area contributed by atoms with E-state index in [9.17, 15) is 4.79 Å². The van der Waals surface area contributed by atoms with Crippen LogP contribution in [0, 0.1) is 0 Å². The molecule has 0 spiro atoms. The summed E-state index contributed by atoms with van der Waals surface area (Å²) in [7, 11) is 1.62. The molecule has 0 aliphatic heterocycles. The zero-order valence-corrected chi connectivity index (χ0v) is 11.7. The summed E-state index contributed by atoms with van der Waals surface area (Å²) in [6, 6.07) is 5.48. The van der Waals surface area contributed by atoms with Gasteiger partial charge in [-0.3, -0.25) is 10.1 Å². The van der Waals surface area contributed by atoms with Crippen molar-refractivity contribution in [3.63, 3.8) is 0 Å². The van der Waals surface area contributed by atoms with Gasteiger partial charge in [0.25, 0.3) is 0 Å². The molecule has 1 aromatic rings. The Balaban J connectivity index is 2.79. The van der Waals surface area contributed by atoms with Gasteiger partial charge in [-0.25, -0.2) is 0 Å². The molecule has 17 heavy (non-hydrogen) atoms. The number of benzene rings is 1. The van der Waals surface area contributed by atoms with E-state index in [1.165, 1.54) is 0 Å². The van der Waals surface area contributed by atoms with E-state index in [4.69, 9.17) is 10.5 Å². The number of hydrogen-bond donors (Lipinski definition) is 2. The highest BCUT2D eigenvalue weighted by molar-refractivity contribution is 9.10. The molecule has 0 bridgehead atoms. The van der Waals surface area contributed by atoms with E-state index in [2.05, 4.69) is 21.2 Å². The summed E-state index contributed by atoms with van der Waals surface area (Å²) < 4.78 is 6.04. The van der Waals surface area contributed by atoms with E-state index in [0.717, 1.165) is 15.8 Å². The zero-order chi connectivity index (χ0) is 13.0. The van der Waals surface area contributed by atoms with Gasteiger partial charge in [0.2, 0.25) is 5.91 Å². The topological polar surface area (TPSA) is 64.3 Å². The van der Waals surface area contributed by atoms with Gasteiger partial charge in [0.15, 0.2) is 0 Å². The molecule has 0 aliphatic rings. The lowest BCUT2D eigenvalue weighted by Crippen LogP contribution is -2.39. The third kappa shape index (κ3) is 3.71. The van der Waals surface area contributed by atoms with Crippen LogP contribution in [0.1, 0.15) is 25.5 Å². The largest absolute Gasteiger partial charge is 0.496 e. The van der Waals surface area contributed by atoms with Crippen molar-refractivity contribution in [1.82, 2.24) is 5.32 Å². The minimum Gasteiger partial charge on any atom is -0.496 e. The van der Waals surface area contributed by atoms with Gasteiger partial charge in [-0.1, -0.05) is 6.07 Å². The second-order valence-electron chi connectivity index (χ2n) is 3.91. The van der Waals surface area contributed by atoms with Crippen molar-refractivity contribution < 1.29 is 9.53 Å². The summed E-state index contributed by atoms with van der Waals surface area (Å²) in [5.74, 6) is 0.424. The quantitative estimate of drug-likeness (QED) is 0.874. The predicted octanol–water partition coefficient (Wildman–Crippen LogP) is 1.98. The Labute approximate surface area is 110 Å². The third-order valence-corrected chi connectivity index (χ3v) is 3.22. The molecule has 0 aromatic heterocycles. The summed E-state index contributed by atoms with van der Waals surface area (Å²) in [5, 5.41) is 3.12. The lowest BCUT2D eigenvalue weighted by Gasteiger charge is -2.18. The molecule has 3 N–H and O–H groups in total. The van der Waals surface area contributed by atoms with Crippen LogP contribution in [0.2, 0.25) is 0 Å². The van der Waals surface area contributed by atoms with E-state index in [1.807, 2.05) is 25.1 Å². The van der Waals surface area contributed by atoms with Crippen LogP contribution in [0.4, 0.5) is 0 Å². The summed E-state index contributed by atoms with van der Waals surface area (Å²) >= 11 is 3.43. The maximum atomic E-state index is 11.0. The summed E-state index contributed by atoms with van der Waals surface area (Å²) in [6.45, 7) is 3.73. The summed E-state index contributed by atoms with van der Waals surface area (Å²) in [4.78, 5) is 11.0. The standard InChI is InChI=1S/C12H17BrN2O2/c1-7(15-8(2)12(14)16)9-4-5-11(17-3)10(13)6-9/h4-8,15H,1-3H3,(H2,14,16)/t7-,8-/m1/s1. The van der Waals surface area contributed by atoms with Crippen LogP contribution >= 0.6 is 15.9 Å². The molecule has 0 heterocycles. The van der Waals surface area contributed by atoms with Crippen molar-refractivity contribution in [1.29, 1.82) is 0 Å². The predicted molar refractivity (Wildman–Crippen MR) is 70.9 cm³/mol. The summed E-state index contributed by atoms with van der Waals surface area (Å²) in [5.41, 5.74) is 6.27. The number of amides is 1. The first-order chi connectivity index (χ1) is 7.95. The van der Waals surface area contributed by atoms with E-state index >= 15 is 0 Å². The number of rotatable bonds is 5. The minimum atomic E-state index is -0.357. The van der Waals surface area contributed by atoms with Crippen molar-refractivity contribution in [3.05, 3.63) is 28.2 Å². The van der Waals surface area contributed by atoms with E-state index in [1.54, 1.807) is 14.0 Å². The molecule has 0 radical (unpaired) electrons. The number of hydrogen-bond acceptors (Lipinski definition) is 3. The smallest absolute Gasteiger partial charge is 0.234 e. The summed E-state index contributed by atoms with van der Waals surface area (Å²) in [6.07, 6.45) is 0. The van der Waals surface area contributed by atoms with Crippen LogP contribution in [-0.4, -0.2) is 19.1 Å². The zero-order valence-electron chi connectivity index (χ0n) is 10.2. The van der Waals surface area contributed by atoms with Crippen molar-refractivity contribution in [2.45, 2.75) is 25.9 Å². The van der Waals surface area contributed by atoms with Crippen LogP contribution in [0.3, 0.4) is 0 Å². The molecule has 0 fully saturated rings. The Kier molecular flexibility index (Phi) is 4.96. The van der Waals surface area contributed by atoms with Crippen LogP contribution in [0.25, 0.3) is 0 Å². The fraction of sp³-hybridized carbons (Fsp3) is 0.417. The first-order valence-electron chi connectivity index (χ1n) is 5.34. The van der Waals surface area contributed by atoms with Crippen molar-refractivity contribution in [2.24, 2.45) is 5.73 Å². The van der Waals surface area contributed by atoms with Gasteiger partial charge in [0, 0.05) is 6.04 Å². The molecule has 0 saturated carbocycles. The Bertz CT molecular complexity index is 409. The highest BCUT2D eigenvalue weighted by atomic mass is 79.9. The van der Waals surface area contributed by atoms with Crippen molar-refractivity contribution in [2.75, 3.05) is 7.11 Å². The molecule has 0 aliphatic carbocycles. The first kappa shape index (κ1) is 14.0.